The Kier molecular flexibility index (Phi) is 5.32. The summed E-state index contributed by atoms with van der Waals surface area (Å²) in [5, 5.41) is 9.09. The van der Waals surface area contributed by atoms with Crippen LogP contribution in [0.2, 0.25) is 0 Å². The molecule has 1 aliphatic heterocycles. The van der Waals surface area contributed by atoms with Crippen LogP contribution < -0.4 is 0 Å². The molecule has 1 N–H and O–H groups in total. The zero-order chi connectivity index (χ0) is 15.5. The van der Waals surface area contributed by atoms with Gasteiger partial charge in [0.15, 0.2) is 0 Å². The Labute approximate surface area is 125 Å². The fourth-order valence-electron chi connectivity index (χ4n) is 2.47. The third kappa shape index (κ3) is 3.79. The molecule has 0 amide bonds. The van der Waals surface area contributed by atoms with Crippen LogP contribution in [0.4, 0.5) is 4.39 Å². The van der Waals surface area contributed by atoms with E-state index in [2.05, 4.69) is 0 Å². The van der Waals surface area contributed by atoms with Crippen molar-refractivity contribution in [3.8, 4) is 0 Å². The largest absolute Gasteiger partial charge is 0.396 e. The summed E-state index contributed by atoms with van der Waals surface area (Å²) in [5.41, 5.74) is 0.355. The Morgan fingerprint density at radius 1 is 1.33 bits per heavy atom. The van der Waals surface area contributed by atoms with Crippen molar-refractivity contribution >= 4 is 10.2 Å². The topological polar surface area (TPSA) is 60.9 Å². The molecule has 0 bridgehead atoms. The highest BCUT2D eigenvalue weighted by Gasteiger charge is 2.31. The van der Waals surface area contributed by atoms with Crippen LogP contribution >= 0.6 is 0 Å². The first-order valence-corrected chi connectivity index (χ1v) is 8.40. The van der Waals surface area contributed by atoms with E-state index in [0.29, 0.717) is 31.5 Å². The monoisotopic (exact) mass is 316 g/mol. The number of piperidine rings is 1. The van der Waals surface area contributed by atoms with Crippen LogP contribution in [-0.4, -0.2) is 48.9 Å². The van der Waals surface area contributed by atoms with Gasteiger partial charge in [-0.25, -0.2) is 4.39 Å². The normalized spacial score (nSPS) is 18.3. The second kappa shape index (κ2) is 6.83. The zero-order valence-electron chi connectivity index (χ0n) is 12.1. The van der Waals surface area contributed by atoms with Crippen LogP contribution in [0, 0.1) is 11.7 Å². The van der Waals surface area contributed by atoms with Gasteiger partial charge in [-0.1, -0.05) is 18.2 Å². The van der Waals surface area contributed by atoms with Crippen molar-refractivity contribution in [3.63, 3.8) is 0 Å². The van der Waals surface area contributed by atoms with Crippen molar-refractivity contribution in [2.45, 2.75) is 19.4 Å². The third-order valence-electron chi connectivity index (χ3n) is 3.90. The maximum absolute atomic E-state index is 13.6. The minimum atomic E-state index is -3.59. The summed E-state index contributed by atoms with van der Waals surface area (Å²) in [5.74, 6) is -0.230. The minimum absolute atomic E-state index is 0.00886. The van der Waals surface area contributed by atoms with Crippen LogP contribution in [0.3, 0.4) is 0 Å². The lowest BCUT2D eigenvalue weighted by atomic mass is 10.00. The van der Waals surface area contributed by atoms with Crippen molar-refractivity contribution in [1.29, 1.82) is 0 Å². The van der Waals surface area contributed by atoms with Gasteiger partial charge in [0, 0.05) is 38.9 Å². The standard InChI is InChI=1S/C14H21FN2O3S/c1-16(10-13-4-2-3-5-14(13)15)21(19,20)17-8-6-12(11-18)7-9-17/h2-5,12,18H,6-11H2,1H3. The molecule has 5 nitrogen and oxygen atoms in total. The van der Waals surface area contributed by atoms with Crippen LogP contribution in [0.5, 0.6) is 0 Å². The Balaban J connectivity index is 2.04. The van der Waals surface area contributed by atoms with Crippen LogP contribution in [0.1, 0.15) is 18.4 Å². The average Bonchev–Trinajstić information content (AvgIpc) is 2.49. The summed E-state index contributed by atoms with van der Waals surface area (Å²) in [4.78, 5) is 0. The van der Waals surface area contributed by atoms with Crippen molar-refractivity contribution in [2.75, 3.05) is 26.7 Å². The van der Waals surface area contributed by atoms with Crippen LogP contribution in [0.15, 0.2) is 24.3 Å². The van der Waals surface area contributed by atoms with Crippen molar-refractivity contribution in [1.82, 2.24) is 8.61 Å². The number of aliphatic hydroxyl groups is 1. The van der Waals surface area contributed by atoms with Crippen molar-refractivity contribution in [3.05, 3.63) is 35.6 Å². The molecule has 0 spiro atoms. The van der Waals surface area contributed by atoms with Gasteiger partial charge in [0.05, 0.1) is 0 Å². The molecule has 1 saturated heterocycles. The number of nitrogens with zero attached hydrogens (tertiary/aromatic N) is 2. The molecule has 0 aliphatic carbocycles. The molecule has 1 aromatic rings. The zero-order valence-corrected chi connectivity index (χ0v) is 12.9. The SMILES string of the molecule is CN(Cc1ccccc1F)S(=O)(=O)N1CCC(CO)CC1. The smallest absolute Gasteiger partial charge is 0.282 e. The molecule has 1 aliphatic rings. The first kappa shape index (κ1) is 16.4. The number of hydrogen-bond acceptors (Lipinski definition) is 3. The summed E-state index contributed by atoms with van der Waals surface area (Å²) >= 11 is 0. The van der Waals surface area contributed by atoms with E-state index in [1.807, 2.05) is 0 Å². The van der Waals surface area contributed by atoms with E-state index in [-0.39, 0.29) is 19.1 Å². The van der Waals surface area contributed by atoms with Gasteiger partial charge in [0.2, 0.25) is 0 Å². The van der Waals surface area contributed by atoms with Gasteiger partial charge in [-0.15, -0.1) is 0 Å². The number of benzene rings is 1. The molecule has 0 radical (unpaired) electrons. The molecule has 0 unspecified atom stereocenters. The molecule has 1 heterocycles. The molecular weight excluding hydrogens is 295 g/mol. The summed E-state index contributed by atoms with van der Waals surface area (Å²) in [6.45, 7) is 0.901. The van der Waals surface area contributed by atoms with Crippen molar-refractivity contribution in [2.24, 2.45) is 5.92 Å². The fourth-order valence-corrected chi connectivity index (χ4v) is 3.84. The highest BCUT2D eigenvalue weighted by atomic mass is 32.2. The number of halogens is 1. The molecule has 1 aromatic carbocycles. The van der Waals surface area contributed by atoms with Crippen molar-refractivity contribution < 1.29 is 17.9 Å². The third-order valence-corrected chi connectivity index (χ3v) is 5.84. The minimum Gasteiger partial charge on any atom is -0.396 e. The van der Waals surface area contributed by atoms with E-state index >= 15 is 0 Å². The Hall–Kier alpha value is -1.02. The number of rotatable bonds is 5. The quantitative estimate of drug-likeness (QED) is 0.888. The summed E-state index contributed by atoms with van der Waals surface area (Å²) in [6, 6.07) is 6.17. The van der Waals surface area contributed by atoms with Gasteiger partial charge in [0.25, 0.3) is 10.2 Å². The number of hydrogen-bond donors (Lipinski definition) is 1. The molecule has 0 atom stereocenters. The predicted molar refractivity (Wildman–Crippen MR) is 78.2 cm³/mol. The van der Waals surface area contributed by atoms with Gasteiger partial charge in [0.1, 0.15) is 5.82 Å². The highest BCUT2D eigenvalue weighted by Crippen LogP contribution is 2.21. The molecule has 2 rings (SSSR count). The first-order chi connectivity index (χ1) is 9.95. The second-order valence-corrected chi connectivity index (χ2v) is 7.42. The lowest BCUT2D eigenvalue weighted by molar-refractivity contribution is 0.166. The average molecular weight is 316 g/mol. The van der Waals surface area contributed by atoms with Crippen LogP contribution in [0.25, 0.3) is 0 Å². The van der Waals surface area contributed by atoms with E-state index in [1.54, 1.807) is 18.2 Å². The van der Waals surface area contributed by atoms with Gasteiger partial charge in [-0.3, -0.25) is 0 Å². The lowest BCUT2D eigenvalue weighted by Crippen LogP contribution is -2.45. The number of aliphatic hydroxyl groups excluding tert-OH is 1. The van der Waals surface area contributed by atoms with E-state index in [4.69, 9.17) is 5.11 Å². The molecule has 0 aromatic heterocycles. The second-order valence-electron chi connectivity index (χ2n) is 5.38. The lowest BCUT2D eigenvalue weighted by Gasteiger charge is -2.33. The predicted octanol–water partition coefficient (Wildman–Crippen LogP) is 1.21. The van der Waals surface area contributed by atoms with Gasteiger partial charge in [-0.05, 0) is 24.8 Å². The molecule has 21 heavy (non-hydrogen) atoms. The molecule has 0 saturated carbocycles. The maximum Gasteiger partial charge on any atom is 0.282 e. The Bertz CT molecular complexity index is 571. The summed E-state index contributed by atoms with van der Waals surface area (Å²) < 4.78 is 41.1. The van der Waals surface area contributed by atoms with E-state index in [9.17, 15) is 12.8 Å². The molecule has 7 heteroatoms. The van der Waals surface area contributed by atoms with Gasteiger partial charge < -0.3 is 5.11 Å². The van der Waals surface area contributed by atoms with Crippen LogP contribution in [-0.2, 0) is 16.8 Å². The fraction of sp³-hybridized carbons (Fsp3) is 0.571. The van der Waals surface area contributed by atoms with E-state index < -0.39 is 16.0 Å². The summed E-state index contributed by atoms with van der Waals surface area (Å²) in [7, 11) is -2.13. The van der Waals surface area contributed by atoms with E-state index in [0.717, 1.165) is 0 Å². The molecule has 1 fully saturated rings. The summed E-state index contributed by atoms with van der Waals surface area (Å²) in [6.07, 6.45) is 1.31. The van der Waals surface area contributed by atoms with Gasteiger partial charge in [-0.2, -0.15) is 17.0 Å². The first-order valence-electron chi connectivity index (χ1n) is 7.01. The Morgan fingerprint density at radius 2 is 1.95 bits per heavy atom. The molecule has 118 valence electrons. The van der Waals surface area contributed by atoms with Gasteiger partial charge >= 0.3 is 0 Å². The maximum atomic E-state index is 13.6. The Morgan fingerprint density at radius 3 is 2.52 bits per heavy atom. The molecular formula is C14H21FN2O3S. The highest BCUT2D eigenvalue weighted by molar-refractivity contribution is 7.86. The van der Waals surface area contributed by atoms with E-state index in [1.165, 1.54) is 21.7 Å².